The molecule has 1 atom stereocenters. The third-order valence-electron chi connectivity index (χ3n) is 3.91. The number of guanidine groups is 1. The normalized spacial score (nSPS) is 13.4. The number of hydrogen-bond acceptors (Lipinski definition) is 3. The minimum absolute atomic E-state index is 0.414. The maximum absolute atomic E-state index is 4.64. The lowest BCUT2D eigenvalue weighted by Crippen LogP contribution is -2.42. The molecule has 132 valence electrons. The van der Waals surface area contributed by atoms with Crippen LogP contribution in [0.4, 0.5) is 0 Å². The Morgan fingerprint density at radius 1 is 1.35 bits per heavy atom. The number of nitrogens with one attached hydrogen (secondary N) is 2. The first-order valence-electron chi connectivity index (χ1n) is 8.83. The molecule has 23 heavy (non-hydrogen) atoms. The van der Waals surface area contributed by atoms with E-state index in [0.29, 0.717) is 12.6 Å². The maximum atomic E-state index is 4.64. The van der Waals surface area contributed by atoms with Crippen molar-refractivity contribution in [3.63, 3.8) is 0 Å². The van der Waals surface area contributed by atoms with Crippen LogP contribution in [0.2, 0.25) is 0 Å². The van der Waals surface area contributed by atoms with E-state index in [1.165, 1.54) is 13.0 Å². The lowest BCUT2D eigenvalue weighted by Gasteiger charge is -2.21. The van der Waals surface area contributed by atoms with Crippen molar-refractivity contribution in [2.75, 3.05) is 26.2 Å². The Morgan fingerprint density at radius 2 is 2.09 bits per heavy atom. The molecule has 6 heteroatoms. The SMILES string of the molecule is CCNC(=NCc1cnn(C)c1)NC(C)CCCN(CC)CC. The molecular weight excluding hydrogens is 288 g/mol. The highest BCUT2D eigenvalue weighted by Gasteiger charge is 2.06. The summed E-state index contributed by atoms with van der Waals surface area (Å²) in [6.07, 6.45) is 6.22. The summed E-state index contributed by atoms with van der Waals surface area (Å²) in [6, 6.07) is 0.414. The van der Waals surface area contributed by atoms with Crippen LogP contribution in [0.15, 0.2) is 17.4 Å². The van der Waals surface area contributed by atoms with Crippen molar-refractivity contribution in [2.45, 2.75) is 53.1 Å². The van der Waals surface area contributed by atoms with Gasteiger partial charge in [-0.25, -0.2) is 4.99 Å². The maximum Gasteiger partial charge on any atom is 0.191 e. The molecule has 0 aliphatic rings. The largest absolute Gasteiger partial charge is 0.357 e. The van der Waals surface area contributed by atoms with Crippen LogP contribution in [0.25, 0.3) is 0 Å². The van der Waals surface area contributed by atoms with E-state index >= 15 is 0 Å². The standard InChI is InChI=1S/C17H34N6/c1-6-18-17(19-12-16-13-20-22(5)14-16)21-15(4)10-9-11-23(7-2)8-3/h13-15H,6-12H2,1-5H3,(H2,18,19,21). The van der Waals surface area contributed by atoms with E-state index < -0.39 is 0 Å². The number of aliphatic imine (C=N–C) groups is 1. The zero-order chi connectivity index (χ0) is 17.1. The van der Waals surface area contributed by atoms with E-state index in [1.807, 2.05) is 19.4 Å². The fourth-order valence-corrected chi connectivity index (χ4v) is 2.51. The predicted molar refractivity (Wildman–Crippen MR) is 97.6 cm³/mol. The molecule has 2 N–H and O–H groups in total. The highest BCUT2D eigenvalue weighted by molar-refractivity contribution is 5.80. The molecule has 0 saturated heterocycles. The van der Waals surface area contributed by atoms with E-state index in [2.05, 4.69) is 53.3 Å². The van der Waals surface area contributed by atoms with Gasteiger partial charge in [-0.05, 0) is 46.3 Å². The van der Waals surface area contributed by atoms with Crippen LogP contribution < -0.4 is 10.6 Å². The summed E-state index contributed by atoms with van der Waals surface area (Å²) in [5, 5.41) is 11.0. The van der Waals surface area contributed by atoms with Crippen molar-refractivity contribution < 1.29 is 0 Å². The van der Waals surface area contributed by atoms with Crippen LogP contribution in [-0.4, -0.2) is 52.9 Å². The Hall–Kier alpha value is -1.56. The second-order valence-corrected chi connectivity index (χ2v) is 5.93. The van der Waals surface area contributed by atoms with Gasteiger partial charge >= 0.3 is 0 Å². The van der Waals surface area contributed by atoms with Gasteiger partial charge in [0.1, 0.15) is 0 Å². The number of rotatable bonds is 10. The smallest absolute Gasteiger partial charge is 0.191 e. The van der Waals surface area contributed by atoms with E-state index in [4.69, 9.17) is 0 Å². The summed E-state index contributed by atoms with van der Waals surface area (Å²) in [4.78, 5) is 7.11. The second kappa shape index (κ2) is 11.0. The number of aryl methyl sites for hydroxylation is 1. The Morgan fingerprint density at radius 3 is 2.65 bits per heavy atom. The summed E-state index contributed by atoms with van der Waals surface area (Å²) in [5.74, 6) is 0.881. The predicted octanol–water partition coefficient (Wildman–Crippen LogP) is 1.99. The van der Waals surface area contributed by atoms with E-state index in [0.717, 1.165) is 37.6 Å². The Kier molecular flexibility index (Phi) is 9.36. The van der Waals surface area contributed by atoms with Gasteiger partial charge in [-0.15, -0.1) is 0 Å². The monoisotopic (exact) mass is 322 g/mol. The first-order valence-corrected chi connectivity index (χ1v) is 8.83. The summed E-state index contributed by atoms with van der Waals surface area (Å²) < 4.78 is 1.81. The van der Waals surface area contributed by atoms with Crippen molar-refractivity contribution in [1.29, 1.82) is 0 Å². The van der Waals surface area contributed by atoms with Gasteiger partial charge in [-0.3, -0.25) is 4.68 Å². The number of aromatic nitrogens is 2. The fraction of sp³-hybridized carbons (Fsp3) is 0.765. The molecule has 0 saturated carbocycles. The molecule has 6 nitrogen and oxygen atoms in total. The Bertz CT molecular complexity index is 450. The first-order chi connectivity index (χ1) is 11.1. The third-order valence-corrected chi connectivity index (χ3v) is 3.91. The first kappa shape index (κ1) is 19.5. The molecule has 1 unspecified atom stereocenters. The van der Waals surface area contributed by atoms with Gasteiger partial charge in [0, 0.05) is 31.4 Å². The fourth-order valence-electron chi connectivity index (χ4n) is 2.51. The molecule has 0 amide bonds. The lowest BCUT2D eigenvalue weighted by molar-refractivity contribution is 0.292. The molecular formula is C17H34N6. The molecule has 0 aliphatic heterocycles. The quantitative estimate of drug-likeness (QED) is 0.511. The summed E-state index contributed by atoms with van der Waals surface area (Å²) in [5.41, 5.74) is 1.12. The van der Waals surface area contributed by atoms with Gasteiger partial charge in [0.05, 0.1) is 12.7 Å². The topological polar surface area (TPSA) is 57.5 Å². The molecule has 0 spiro atoms. The molecule has 0 bridgehead atoms. The molecule has 1 aromatic heterocycles. The van der Waals surface area contributed by atoms with Crippen LogP contribution in [0.1, 0.15) is 46.1 Å². The molecule has 0 radical (unpaired) electrons. The summed E-state index contributed by atoms with van der Waals surface area (Å²) >= 11 is 0. The van der Waals surface area contributed by atoms with Crippen LogP contribution in [0.3, 0.4) is 0 Å². The number of nitrogens with zero attached hydrogens (tertiary/aromatic N) is 4. The highest BCUT2D eigenvalue weighted by Crippen LogP contribution is 2.01. The molecule has 1 aromatic rings. The Labute approximate surface area is 141 Å². The average Bonchev–Trinajstić information content (AvgIpc) is 2.95. The van der Waals surface area contributed by atoms with Gasteiger partial charge in [-0.2, -0.15) is 5.10 Å². The van der Waals surface area contributed by atoms with Crippen molar-refractivity contribution in [3.05, 3.63) is 18.0 Å². The summed E-state index contributed by atoms with van der Waals surface area (Å²) in [6.45, 7) is 13.7. The lowest BCUT2D eigenvalue weighted by atomic mass is 10.2. The van der Waals surface area contributed by atoms with Crippen molar-refractivity contribution in [1.82, 2.24) is 25.3 Å². The Balaban J connectivity index is 2.41. The highest BCUT2D eigenvalue weighted by atomic mass is 15.2. The van der Waals surface area contributed by atoms with Crippen molar-refractivity contribution in [3.8, 4) is 0 Å². The zero-order valence-corrected chi connectivity index (χ0v) is 15.5. The zero-order valence-electron chi connectivity index (χ0n) is 15.5. The van der Waals surface area contributed by atoms with Crippen LogP contribution in [-0.2, 0) is 13.6 Å². The molecule has 1 rings (SSSR count). The molecule has 0 aromatic carbocycles. The molecule has 0 aliphatic carbocycles. The van der Waals surface area contributed by atoms with Crippen molar-refractivity contribution >= 4 is 5.96 Å². The van der Waals surface area contributed by atoms with Gasteiger partial charge in [0.2, 0.25) is 0 Å². The van der Waals surface area contributed by atoms with Gasteiger partial charge in [-0.1, -0.05) is 13.8 Å². The van der Waals surface area contributed by atoms with Crippen LogP contribution in [0.5, 0.6) is 0 Å². The minimum atomic E-state index is 0.414. The average molecular weight is 323 g/mol. The van der Waals surface area contributed by atoms with Gasteiger partial charge in [0.25, 0.3) is 0 Å². The molecule has 1 heterocycles. The second-order valence-electron chi connectivity index (χ2n) is 5.93. The summed E-state index contributed by atoms with van der Waals surface area (Å²) in [7, 11) is 1.93. The van der Waals surface area contributed by atoms with E-state index in [1.54, 1.807) is 4.68 Å². The van der Waals surface area contributed by atoms with E-state index in [-0.39, 0.29) is 0 Å². The molecule has 0 fully saturated rings. The minimum Gasteiger partial charge on any atom is -0.357 e. The van der Waals surface area contributed by atoms with Crippen molar-refractivity contribution in [2.24, 2.45) is 12.0 Å². The van der Waals surface area contributed by atoms with Gasteiger partial charge < -0.3 is 15.5 Å². The third kappa shape index (κ3) is 8.02. The van der Waals surface area contributed by atoms with Gasteiger partial charge in [0.15, 0.2) is 5.96 Å². The van der Waals surface area contributed by atoms with E-state index in [9.17, 15) is 0 Å². The number of hydrogen-bond donors (Lipinski definition) is 2. The van der Waals surface area contributed by atoms with Crippen LogP contribution >= 0.6 is 0 Å². The van der Waals surface area contributed by atoms with Crippen LogP contribution in [0, 0.1) is 0 Å².